The maximum Gasteiger partial charge on any atom is 0.573 e. The molecule has 2 N–H and O–H groups in total. The van der Waals surface area contributed by atoms with Gasteiger partial charge in [0.2, 0.25) is 0 Å². The number of benzene rings is 2. The predicted octanol–water partition coefficient (Wildman–Crippen LogP) is 4.85. The third-order valence-electron chi connectivity index (χ3n) is 2.76. The first kappa shape index (κ1) is 16.0. The van der Waals surface area contributed by atoms with E-state index >= 15 is 0 Å². The Bertz CT molecular complexity index is 678. The van der Waals surface area contributed by atoms with Crippen LogP contribution in [-0.4, -0.2) is 6.36 Å². The van der Waals surface area contributed by atoms with Gasteiger partial charge in [-0.3, -0.25) is 0 Å². The smallest absolute Gasteiger partial charge is 0.406 e. The molecule has 0 aliphatic heterocycles. The molecule has 0 atom stereocenters. The molecule has 0 heterocycles. The molecule has 0 aliphatic carbocycles. The van der Waals surface area contributed by atoms with E-state index in [9.17, 15) is 26.3 Å². The Morgan fingerprint density at radius 2 is 1.45 bits per heavy atom. The largest absolute Gasteiger partial charge is 0.573 e. The van der Waals surface area contributed by atoms with Gasteiger partial charge < -0.3 is 10.5 Å². The summed E-state index contributed by atoms with van der Waals surface area (Å²) in [6, 6.07) is 7.85. The molecule has 0 bridgehead atoms. The third kappa shape index (κ3) is 3.84. The fourth-order valence-electron chi connectivity index (χ4n) is 1.87. The van der Waals surface area contributed by atoms with Crippen molar-refractivity contribution in [3.63, 3.8) is 0 Å². The molecule has 0 saturated carbocycles. The van der Waals surface area contributed by atoms with Crippen molar-refractivity contribution in [3.05, 3.63) is 48.0 Å². The van der Waals surface area contributed by atoms with Crippen molar-refractivity contribution in [2.45, 2.75) is 12.5 Å². The van der Waals surface area contributed by atoms with Crippen LogP contribution in [0.3, 0.4) is 0 Å². The number of halogens is 6. The molecule has 0 radical (unpaired) electrons. The zero-order valence-electron chi connectivity index (χ0n) is 10.8. The Balaban J connectivity index is 2.37. The standard InChI is InChI=1S/C14H9F6NO/c15-13(16,17)11-5-4-9(7-12(11)21)8-2-1-3-10(6-8)22-14(18,19)20/h1-7H,21H2. The molecule has 0 saturated heterocycles. The Labute approximate surface area is 121 Å². The monoisotopic (exact) mass is 321 g/mol. The fraction of sp³-hybridized carbons (Fsp3) is 0.143. The van der Waals surface area contributed by atoms with Crippen LogP contribution in [0.15, 0.2) is 42.5 Å². The van der Waals surface area contributed by atoms with E-state index in [0.717, 1.165) is 30.3 Å². The highest BCUT2D eigenvalue weighted by molar-refractivity contribution is 5.70. The van der Waals surface area contributed by atoms with E-state index < -0.39 is 29.5 Å². The summed E-state index contributed by atoms with van der Waals surface area (Å²) in [6.45, 7) is 0. The van der Waals surface area contributed by atoms with Gasteiger partial charge in [-0.05, 0) is 35.4 Å². The van der Waals surface area contributed by atoms with E-state index in [2.05, 4.69) is 4.74 Å². The molecular weight excluding hydrogens is 312 g/mol. The first-order valence-electron chi connectivity index (χ1n) is 5.89. The minimum atomic E-state index is -4.85. The molecule has 0 aliphatic rings. The maximum atomic E-state index is 12.6. The molecule has 118 valence electrons. The first-order valence-corrected chi connectivity index (χ1v) is 5.89. The lowest BCUT2D eigenvalue weighted by atomic mass is 10.0. The van der Waals surface area contributed by atoms with E-state index in [1.54, 1.807) is 0 Å². The summed E-state index contributed by atoms with van der Waals surface area (Å²) < 4.78 is 78.1. The number of hydrogen-bond acceptors (Lipinski definition) is 2. The molecule has 0 amide bonds. The van der Waals surface area contributed by atoms with Crippen LogP contribution in [0.4, 0.5) is 32.0 Å². The highest BCUT2D eigenvalue weighted by Crippen LogP contribution is 2.36. The predicted molar refractivity (Wildman–Crippen MR) is 68.0 cm³/mol. The lowest BCUT2D eigenvalue weighted by molar-refractivity contribution is -0.274. The van der Waals surface area contributed by atoms with Crippen molar-refractivity contribution < 1.29 is 31.1 Å². The molecule has 2 nitrogen and oxygen atoms in total. The molecular formula is C14H9F6NO. The number of rotatable bonds is 2. The van der Waals surface area contributed by atoms with Gasteiger partial charge in [0.25, 0.3) is 0 Å². The van der Waals surface area contributed by atoms with E-state index in [1.165, 1.54) is 12.1 Å². The van der Waals surface area contributed by atoms with E-state index in [-0.39, 0.29) is 11.1 Å². The summed E-state index contributed by atoms with van der Waals surface area (Å²) in [5.74, 6) is -0.469. The molecule has 0 aromatic heterocycles. The quantitative estimate of drug-likeness (QED) is 0.634. The Hall–Kier alpha value is -2.38. The normalized spacial score (nSPS) is 12.3. The second-order valence-corrected chi connectivity index (χ2v) is 4.38. The topological polar surface area (TPSA) is 35.2 Å². The molecule has 2 rings (SSSR count). The fourth-order valence-corrected chi connectivity index (χ4v) is 1.87. The molecule has 0 spiro atoms. The number of nitrogen functional groups attached to an aromatic ring is 1. The zero-order chi connectivity index (χ0) is 16.5. The molecule has 2 aromatic carbocycles. The highest BCUT2D eigenvalue weighted by Gasteiger charge is 2.33. The van der Waals surface area contributed by atoms with Gasteiger partial charge in [0, 0.05) is 5.69 Å². The van der Waals surface area contributed by atoms with Crippen LogP contribution in [0.25, 0.3) is 11.1 Å². The average molecular weight is 321 g/mol. The SMILES string of the molecule is Nc1cc(-c2cccc(OC(F)(F)F)c2)ccc1C(F)(F)F. The van der Waals surface area contributed by atoms with Crippen LogP contribution in [0.2, 0.25) is 0 Å². The maximum absolute atomic E-state index is 12.6. The van der Waals surface area contributed by atoms with Crippen LogP contribution in [0.1, 0.15) is 5.56 Å². The van der Waals surface area contributed by atoms with E-state index in [4.69, 9.17) is 5.73 Å². The first-order chi connectivity index (χ1) is 10.1. The summed E-state index contributed by atoms with van der Waals surface area (Å²) in [4.78, 5) is 0. The van der Waals surface area contributed by atoms with Crippen molar-refractivity contribution in [2.75, 3.05) is 5.73 Å². The number of nitrogens with two attached hydrogens (primary N) is 1. The molecule has 0 unspecified atom stereocenters. The second kappa shape index (κ2) is 5.43. The highest BCUT2D eigenvalue weighted by atomic mass is 19.4. The molecule has 0 fully saturated rings. The van der Waals surface area contributed by atoms with Gasteiger partial charge in [-0.2, -0.15) is 13.2 Å². The van der Waals surface area contributed by atoms with Gasteiger partial charge in [-0.25, -0.2) is 0 Å². The van der Waals surface area contributed by atoms with Crippen molar-refractivity contribution >= 4 is 5.69 Å². The molecule has 2 aromatic rings. The van der Waals surface area contributed by atoms with Gasteiger partial charge in [0.05, 0.1) is 5.56 Å². The summed E-state index contributed by atoms with van der Waals surface area (Å²) in [6.07, 6.45) is -9.44. The second-order valence-electron chi connectivity index (χ2n) is 4.38. The van der Waals surface area contributed by atoms with Crippen LogP contribution in [0, 0.1) is 0 Å². The average Bonchev–Trinajstić information content (AvgIpc) is 2.35. The summed E-state index contributed by atoms with van der Waals surface area (Å²) in [7, 11) is 0. The van der Waals surface area contributed by atoms with Gasteiger partial charge in [0.1, 0.15) is 5.75 Å². The molecule has 22 heavy (non-hydrogen) atoms. The van der Waals surface area contributed by atoms with Crippen molar-refractivity contribution in [2.24, 2.45) is 0 Å². The van der Waals surface area contributed by atoms with Crippen LogP contribution in [0.5, 0.6) is 5.75 Å². The van der Waals surface area contributed by atoms with Gasteiger partial charge >= 0.3 is 12.5 Å². The minimum absolute atomic E-state index is 0.248. The Morgan fingerprint density at radius 3 is 2.00 bits per heavy atom. The lowest BCUT2D eigenvalue weighted by Gasteiger charge is -2.13. The minimum Gasteiger partial charge on any atom is -0.406 e. The van der Waals surface area contributed by atoms with Gasteiger partial charge in [-0.15, -0.1) is 13.2 Å². The number of anilines is 1. The third-order valence-corrected chi connectivity index (χ3v) is 2.76. The summed E-state index contributed by atoms with van der Waals surface area (Å²) >= 11 is 0. The number of ether oxygens (including phenoxy) is 1. The van der Waals surface area contributed by atoms with Crippen LogP contribution < -0.4 is 10.5 Å². The number of hydrogen-bond donors (Lipinski definition) is 1. The zero-order valence-corrected chi connectivity index (χ0v) is 10.8. The van der Waals surface area contributed by atoms with Gasteiger partial charge in [-0.1, -0.05) is 18.2 Å². The van der Waals surface area contributed by atoms with Crippen LogP contribution >= 0.6 is 0 Å². The van der Waals surface area contributed by atoms with Crippen molar-refractivity contribution in [1.82, 2.24) is 0 Å². The Morgan fingerprint density at radius 1 is 0.818 bits per heavy atom. The Kier molecular flexibility index (Phi) is 3.95. The number of alkyl halides is 6. The van der Waals surface area contributed by atoms with Crippen molar-refractivity contribution in [1.29, 1.82) is 0 Å². The van der Waals surface area contributed by atoms with E-state index in [0.29, 0.717) is 0 Å². The van der Waals surface area contributed by atoms with Gasteiger partial charge in [0.15, 0.2) is 0 Å². The van der Waals surface area contributed by atoms with Crippen LogP contribution in [-0.2, 0) is 6.18 Å². The summed E-state index contributed by atoms with van der Waals surface area (Å²) in [5.41, 5.74) is 4.35. The summed E-state index contributed by atoms with van der Waals surface area (Å²) in [5, 5.41) is 0. The lowest BCUT2D eigenvalue weighted by Crippen LogP contribution is -2.17. The van der Waals surface area contributed by atoms with Crippen molar-refractivity contribution in [3.8, 4) is 16.9 Å². The van der Waals surface area contributed by atoms with E-state index in [1.807, 2.05) is 0 Å². The molecule has 8 heteroatoms.